The van der Waals surface area contributed by atoms with Crippen LogP contribution in [0.15, 0.2) is 73.1 Å². The monoisotopic (exact) mass is 444 g/mol. The molecule has 1 N–H and O–H groups in total. The third kappa shape index (κ3) is 4.95. The number of anilines is 1. The maximum absolute atomic E-state index is 13.0. The molecule has 0 saturated heterocycles. The summed E-state index contributed by atoms with van der Waals surface area (Å²) in [5, 5.41) is 10.8. The number of aryl methyl sites for hydroxylation is 1. The minimum atomic E-state index is -0.307. The number of amides is 1. The summed E-state index contributed by atoms with van der Waals surface area (Å²) in [4.78, 5) is 13.0. The number of benzene rings is 3. The van der Waals surface area contributed by atoms with Crippen molar-refractivity contribution in [2.24, 2.45) is 0 Å². The molecular weight excluding hydrogens is 420 g/mol. The Morgan fingerprint density at radius 3 is 2.33 bits per heavy atom. The van der Waals surface area contributed by atoms with Gasteiger partial charge in [0.25, 0.3) is 5.91 Å². The summed E-state index contributed by atoms with van der Waals surface area (Å²) in [6.07, 6.45) is 1.63. The molecule has 1 aromatic heterocycles. The van der Waals surface area contributed by atoms with Gasteiger partial charge < -0.3 is 19.5 Å². The molecule has 4 aromatic rings. The zero-order valence-corrected chi connectivity index (χ0v) is 18.6. The summed E-state index contributed by atoms with van der Waals surface area (Å²) < 4.78 is 18.8. The largest absolute Gasteiger partial charge is 0.493 e. The van der Waals surface area contributed by atoms with Gasteiger partial charge in [-0.15, -0.1) is 10.2 Å². The van der Waals surface area contributed by atoms with Crippen molar-refractivity contribution in [2.75, 3.05) is 19.5 Å². The second kappa shape index (κ2) is 9.86. The fourth-order valence-electron chi connectivity index (χ4n) is 3.37. The number of nitrogens with one attached hydrogen (secondary N) is 1. The Labute approximate surface area is 191 Å². The molecule has 1 amide bonds. The molecule has 0 fully saturated rings. The summed E-state index contributed by atoms with van der Waals surface area (Å²) in [6, 6.07) is 20.5. The fraction of sp³-hybridized carbons (Fsp3) is 0.160. The highest BCUT2D eigenvalue weighted by Gasteiger charge is 2.18. The van der Waals surface area contributed by atoms with Gasteiger partial charge in [0, 0.05) is 11.3 Å². The highest BCUT2D eigenvalue weighted by atomic mass is 16.5. The number of hydrogen-bond acceptors (Lipinski definition) is 6. The van der Waals surface area contributed by atoms with Gasteiger partial charge in [0.15, 0.2) is 11.5 Å². The van der Waals surface area contributed by atoms with Crippen LogP contribution in [-0.4, -0.2) is 34.9 Å². The van der Waals surface area contributed by atoms with E-state index in [1.54, 1.807) is 18.5 Å². The van der Waals surface area contributed by atoms with E-state index in [9.17, 15) is 4.79 Å². The minimum absolute atomic E-state index is 0.307. The van der Waals surface area contributed by atoms with Crippen LogP contribution in [0.3, 0.4) is 0 Å². The van der Waals surface area contributed by atoms with Crippen molar-refractivity contribution < 1.29 is 19.0 Å². The van der Waals surface area contributed by atoms with Crippen LogP contribution in [0.2, 0.25) is 0 Å². The predicted octanol–water partition coefficient (Wildman–Crippen LogP) is 4.42. The van der Waals surface area contributed by atoms with Gasteiger partial charge in [0.2, 0.25) is 5.75 Å². The minimum Gasteiger partial charge on any atom is -0.493 e. The summed E-state index contributed by atoms with van der Waals surface area (Å²) in [6.45, 7) is 2.20. The van der Waals surface area contributed by atoms with Crippen molar-refractivity contribution >= 4 is 11.6 Å². The fourth-order valence-corrected chi connectivity index (χ4v) is 3.37. The number of carbonyl (C=O) groups excluding carboxylic acids is 1. The molecule has 0 atom stereocenters. The number of aromatic nitrogens is 3. The maximum atomic E-state index is 13.0. The van der Waals surface area contributed by atoms with Gasteiger partial charge in [0.1, 0.15) is 18.8 Å². The first-order valence-electron chi connectivity index (χ1n) is 10.3. The third-order valence-electron chi connectivity index (χ3n) is 5.05. The van der Waals surface area contributed by atoms with Gasteiger partial charge >= 0.3 is 0 Å². The zero-order chi connectivity index (χ0) is 23.2. The molecule has 0 bridgehead atoms. The summed E-state index contributed by atoms with van der Waals surface area (Å²) in [7, 11) is 3.05. The van der Waals surface area contributed by atoms with Gasteiger partial charge in [0.05, 0.1) is 19.9 Å². The quantitative estimate of drug-likeness (QED) is 0.433. The average Bonchev–Trinajstić information content (AvgIpc) is 3.28. The first-order chi connectivity index (χ1) is 16.1. The van der Waals surface area contributed by atoms with E-state index in [0.29, 0.717) is 35.1 Å². The van der Waals surface area contributed by atoms with E-state index in [4.69, 9.17) is 14.2 Å². The molecule has 0 saturated carbocycles. The van der Waals surface area contributed by atoms with Crippen LogP contribution in [0.5, 0.6) is 17.2 Å². The SMILES string of the molecule is COc1cc(C(=O)Nc2cccc(-n3cnnc3C)c2)cc(OC)c1OCc1ccccc1. The van der Waals surface area contributed by atoms with Gasteiger partial charge in [-0.05, 0) is 42.8 Å². The molecule has 0 aliphatic carbocycles. The number of methoxy groups -OCH3 is 2. The van der Waals surface area contributed by atoms with E-state index in [-0.39, 0.29) is 5.91 Å². The number of carbonyl (C=O) groups is 1. The Balaban J connectivity index is 1.56. The van der Waals surface area contributed by atoms with Crippen molar-refractivity contribution in [1.82, 2.24) is 14.8 Å². The van der Waals surface area contributed by atoms with Crippen LogP contribution in [0, 0.1) is 6.92 Å². The summed E-state index contributed by atoms with van der Waals surface area (Å²) in [5.41, 5.74) is 2.86. The van der Waals surface area contributed by atoms with Crippen molar-refractivity contribution in [3.63, 3.8) is 0 Å². The third-order valence-corrected chi connectivity index (χ3v) is 5.05. The van der Waals surface area contributed by atoms with Crippen molar-refractivity contribution in [3.05, 3.63) is 90.0 Å². The molecule has 0 unspecified atom stereocenters. The lowest BCUT2D eigenvalue weighted by Crippen LogP contribution is -2.13. The van der Waals surface area contributed by atoms with E-state index in [1.165, 1.54) is 14.2 Å². The van der Waals surface area contributed by atoms with Crippen LogP contribution in [0.1, 0.15) is 21.7 Å². The topological polar surface area (TPSA) is 87.5 Å². The van der Waals surface area contributed by atoms with Crippen LogP contribution in [0.4, 0.5) is 5.69 Å². The molecule has 1 heterocycles. The molecule has 0 radical (unpaired) electrons. The Hall–Kier alpha value is -4.33. The molecule has 0 aliphatic rings. The van der Waals surface area contributed by atoms with E-state index in [1.807, 2.05) is 66.1 Å². The van der Waals surface area contributed by atoms with Gasteiger partial charge in [-0.25, -0.2) is 0 Å². The molecule has 0 spiro atoms. The highest BCUT2D eigenvalue weighted by Crippen LogP contribution is 2.39. The maximum Gasteiger partial charge on any atom is 0.255 e. The molecule has 8 heteroatoms. The Kier molecular flexibility index (Phi) is 6.54. The average molecular weight is 444 g/mol. The molecule has 3 aromatic carbocycles. The van der Waals surface area contributed by atoms with E-state index < -0.39 is 0 Å². The predicted molar refractivity (Wildman–Crippen MR) is 124 cm³/mol. The second-order valence-corrected chi connectivity index (χ2v) is 7.24. The first-order valence-corrected chi connectivity index (χ1v) is 10.3. The van der Waals surface area contributed by atoms with Crippen LogP contribution in [-0.2, 0) is 6.61 Å². The van der Waals surface area contributed by atoms with Gasteiger partial charge in [-0.3, -0.25) is 9.36 Å². The lowest BCUT2D eigenvalue weighted by Gasteiger charge is -2.16. The highest BCUT2D eigenvalue weighted by molar-refractivity contribution is 6.05. The molecule has 168 valence electrons. The van der Waals surface area contributed by atoms with Crippen molar-refractivity contribution in [3.8, 4) is 22.9 Å². The number of hydrogen-bond donors (Lipinski definition) is 1. The lowest BCUT2D eigenvalue weighted by atomic mass is 10.1. The smallest absolute Gasteiger partial charge is 0.255 e. The first kappa shape index (κ1) is 21.9. The number of rotatable bonds is 8. The van der Waals surface area contributed by atoms with E-state index >= 15 is 0 Å². The van der Waals surface area contributed by atoms with Crippen molar-refractivity contribution in [1.29, 1.82) is 0 Å². The van der Waals surface area contributed by atoms with E-state index in [2.05, 4.69) is 15.5 Å². The standard InChI is InChI=1S/C25H24N4O4/c1-17-28-26-16-29(17)21-11-7-10-20(14-21)27-25(30)19-12-22(31-2)24(23(13-19)32-3)33-15-18-8-5-4-6-9-18/h4-14,16H,15H2,1-3H3,(H,27,30). The van der Waals surface area contributed by atoms with Gasteiger partial charge in [-0.1, -0.05) is 36.4 Å². The molecule has 8 nitrogen and oxygen atoms in total. The molecule has 4 rings (SSSR count). The molecule has 0 aliphatic heterocycles. The molecular formula is C25H24N4O4. The van der Waals surface area contributed by atoms with Crippen LogP contribution >= 0.6 is 0 Å². The van der Waals surface area contributed by atoms with Crippen molar-refractivity contribution in [2.45, 2.75) is 13.5 Å². The summed E-state index contributed by atoms with van der Waals surface area (Å²) >= 11 is 0. The zero-order valence-electron chi connectivity index (χ0n) is 18.6. The van der Waals surface area contributed by atoms with E-state index in [0.717, 1.165) is 17.1 Å². The lowest BCUT2D eigenvalue weighted by molar-refractivity contribution is 0.102. The van der Waals surface area contributed by atoms with Crippen LogP contribution < -0.4 is 19.5 Å². The van der Waals surface area contributed by atoms with Gasteiger partial charge in [-0.2, -0.15) is 0 Å². The summed E-state index contributed by atoms with van der Waals surface area (Å²) in [5.74, 6) is 1.69. The normalized spacial score (nSPS) is 10.5. The van der Waals surface area contributed by atoms with Crippen LogP contribution in [0.25, 0.3) is 5.69 Å². The number of ether oxygens (including phenoxy) is 3. The molecule has 33 heavy (non-hydrogen) atoms. The Morgan fingerprint density at radius 1 is 0.970 bits per heavy atom. The Bertz CT molecular complexity index is 1230. The second-order valence-electron chi connectivity index (χ2n) is 7.24. The number of nitrogens with zero attached hydrogens (tertiary/aromatic N) is 3. The Morgan fingerprint density at radius 2 is 1.70 bits per heavy atom.